The molecule has 0 bridgehead atoms. The van der Waals surface area contributed by atoms with Gasteiger partial charge < -0.3 is 4.42 Å². The van der Waals surface area contributed by atoms with E-state index < -0.39 is 8.07 Å². The van der Waals surface area contributed by atoms with Gasteiger partial charge in [-0.15, -0.1) is 0 Å². The maximum absolute atomic E-state index is 7.03. The lowest BCUT2D eigenvalue weighted by atomic mass is 9.77. The molecule has 3 aliphatic rings. The number of para-hydroxylation sites is 3. The molecule has 11 rings (SSSR count). The van der Waals surface area contributed by atoms with Gasteiger partial charge in [-0.05, 0) is 89.2 Å². The van der Waals surface area contributed by atoms with Crippen LogP contribution in [0.4, 0.5) is 0 Å². The molecule has 5 aromatic carbocycles. The molecular weight excluding hydrogens is 771 g/mol. The van der Waals surface area contributed by atoms with Gasteiger partial charge in [0.15, 0.2) is 28.9 Å². The first-order valence-corrected chi connectivity index (χ1v) is 26.9. The monoisotopic (exact) mass is 831 g/mol. The number of allylic oxidation sites excluding steroid dienone is 1. The van der Waals surface area contributed by atoms with Crippen molar-refractivity contribution < 1.29 is 13.6 Å². The van der Waals surface area contributed by atoms with E-state index in [0.717, 1.165) is 75.4 Å². The van der Waals surface area contributed by atoms with Gasteiger partial charge in [0, 0.05) is 33.5 Å². The van der Waals surface area contributed by atoms with Gasteiger partial charge in [0.05, 0.1) is 14.5 Å². The Kier molecular flexibility index (Phi) is 9.39. The minimum absolute atomic E-state index is 0.0491. The Labute approximate surface area is 368 Å². The lowest BCUT2D eigenvalue weighted by Crippen LogP contribution is -2.54. The predicted octanol–water partition coefficient (Wildman–Crippen LogP) is 13.5. The molecule has 1 fully saturated rings. The average molecular weight is 832 g/mol. The van der Waals surface area contributed by atoms with Gasteiger partial charge in [-0.3, -0.25) is 0 Å². The highest BCUT2D eigenvalue weighted by molar-refractivity contribution is 6.89. The Balaban J connectivity index is 1.17. The quantitative estimate of drug-likeness (QED) is 0.128. The van der Waals surface area contributed by atoms with Crippen LogP contribution >= 0.6 is 0 Å². The molecule has 1 saturated carbocycles. The van der Waals surface area contributed by atoms with E-state index in [-0.39, 0.29) is 11.5 Å². The summed E-state index contributed by atoms with van der Waals surface area (Å²) >= 11 is 0. The van der Waals surface area contributed by atoms with Gasteiger partial charge in [0.25, 0.3) is 0 Å². The van der Waals surface area contributed by atoms with Crippen molar-refractivity contribution in [3.63, 3.8) is 0 Å². The number of hydrogen-bond acceptors (Lipinski definition) is 1. The maximum atomic E-state index is 7.03. The molecule has 0 N–H and O–H groups in total. The van der Waals surface area contributed by atoms with Gasteiger partial charge >= 0.3 is 5.82 Å². The fourth-order valence-electron chi connectivity index (χ4n) is 11.7. The SMILES string of the molecule is C=C1CC2C(CCc3ccc4c(oc5ccccc54)c3-c3n(-c4ccc(C(C)(C)C)cc4)c4ccccc4[n+]31)c1ccccc1-c1cc(CC3CCCCC3)c([Si](C)(C)C)c[n+]12. The second-order valence-electron chi connectivity index (χ2n) is 20.9. The van der Waals surface area contributed by atoms with Crippen LogP contribution in [0.1, 0.15) is 99.9 Å². The highest BCUT2D eigenvalue weighted by atomic mass is 28.3. The van der Waals surface area contributed by atoms with Crippen molar-refractivity contribution in [2.45, 2.75) is 116 Å². The molecule has 2 atom stereocenters. The van der Waals surface area contributed by atoms with Crippen molar-refractivity contribution in [1.29, 1.82) is 0 Å². The number of hydrogen-bond donors (Lipinski definition) is 0. The summed E-state index contributed by atoms with van der Waals surface area (Å²) in [6, 6.07) is 43.7. The standard InChI is InChI=1S/C57H61N3OSi/c1-37-33-50-45(43-19-11-12-20-44(43)51-35-40(34-38-17-9-8-10-18-38)53(36-58(50)51)62(5,6)7)31-25-39-26-32-47-46-21-13-16-24-52(46)61-55(47)54(39)56-59(37)48-22-14-15-23-49(48)60(56)42-29-27-41(28-30-42)57(2,3)4/h11-16,19-24,26-30,32,35-36,38,45,50H,1,8-10,17-18,25,31,33-34H2,2-7H3/q+2. The first-order chi connectivity index (χ1) is 29.9. The van der Waals surface area contributed by atoms with E-state index in [1.807, 2.05) is 0 Å². The molecular formula is C57H61N3OSi+2. The average Bonchev–Trinajstić information content (AvgIpc) is 3.82. The van der Waals surface area contributed by atoms with Crippen LogP contribution in [0.25, 0.3) is 67.0 Å². The third kappa shape index (κ3) is 6.44. The van der Waals surface area contributed by atoms with Crippen LogP contribution in [-0.2, 0) is 18.3 Å². The fraction of sp³-hybridized carbons (Fsp3) is 0.333. The Morgan fingerprint density at radius 2 is 1.53 bits per heavy atom. The number of aryl methyl sites for hydroxylation is 1. The van der Waals surface area contributed by atoms with Crippen LogP contribution in [-0.4, -0.2) is 12.6 Å². The predicted molar refractivity (Wildman–Crippen MR) is 260 cm³/mol. The number of nitrogens with zero attached hydrogens (tertiary/aromatic N) is 3. The molecule has 0 spiro atoms. The van der Waals surface area contributed by atoms with Crippen molar-refractivity contribution in [3.8, 4) is 28.3 Å². The summed E-state index contributed by atoms with van der Waals surface area (Å²) in [6.45, 7) is 19.7. The molecule has 312 valence electrons. The third-order valence-electron chi connectivity index (χ3n) is 14.8. The number of pyridine rings is 1. The molecule has 8 aromatic rings. The summed E-state index contributed by atoms with van der Waals surface area (Å²) in [4.78, 5) is 0. The number of aromatic nitrogens is 3. The Hall–Kier alpha value is -5.52. The minimum atomic E-state index is -1.72. The van der Waals surface area contributed by atoms with E-state index in [0.29, 0.717) is 5.92 Å². The van der Waals surface area contributed by atoms with Crippen LogP contribution in [0.3, 0.4) is 0 Å². The topological polar surface area (TPSA) is 25.8 Å². The molecule has 2 aliphatic heterocycles. The highest BCUT2D eigenvalue weighted by Gasteiger charge is 2.45. The number of furan rings is 1. The first-order valence-electron chi connectivity index (χ1n) is 23.4. The smallest absolute Gasteiger partial charge is 0.304 e. The molecule has 62 heavy (non-hydrogen) atoms. The normalized spacial score (nSPS) is 18.3. The first kappa shape index (κ1) is 39.3. The Morgan fingerprint density at radius 3 is 2.32 bits per heavy atom. The van der Waals surface area contributed by atoms with Crippen LogP contribution in [0.2, 0.25) is 19.6 Å². The maximum Gasteiger partial charge on any atom is 0.304 e. The fourth-order valence-corrected chi connectivity index (χ4v) is 13.4. The summed E-state index contributed by atoms with van der Waals surface area (Å²) < 4.78 is 14.8. The van der Waals surface area contributed by atoms with Crippen LogP contribution in [0.15, 0.2) is 132 Å². The minimum Gasteiger partial charge on any atom is -0.455 e. The van der Waals surface area contributed by atoms with E-state index in [4.69, 9.17) is 11.0 Å². The van der Waals surface area contributed by atoms with Gasteiger partial charge in [-0.25, -0.2) is 0 Å². The van der Waals surface area contributed by atoms with E-state index in [1.165, 1.54) is 72.0 Å². The lowest BCUT2D eigenvalue weighted by molar-refractivity contribution is -0.719. The summed E-state index contributed by atoms with van der Waals surface area (Å²) in [5, 5.41) is 3.94. The molecule has 0 saturated heterocycles. The second kappa shape index (κ2) is 14.8. The molecule has 4 nitrogen and oxygen atoms in total. The van der Waals surface area contributed by atoms with Crippen molar-refractivity contribution >= 4 is 51.9 Å². The Bertz CT molecular complexity index is 3050. The summed E-state index contributed by atoms with van der Waals surface area (Å²) in [5.74, 6) is 2.21. The molecule has 1 aliphatic carbocycles. The zero-order valence-corrected chi connectivity index (χ0v) is 38.6. The van der Waals surface area contributed by atoms with E-state index >= 15 is 0 Å². The molecule has 3 aromatic heterocycles. The summed E-state index contributed by atoms with van der Waals surface area (Å²) in [5.41, 5.74) is 16.2. The molecule has 2 unspecified atom stereocenters. The zero-order valence-electron chi connectivity index (χ0n) is 37.6. The van der Waals surface area contributed by atoms with E-state index in [1.54, 1.807) is 10.8 Å². The van der Waals surface area contributed by atoms with Crippen molar-refractivity contribution in [3.05, 3.63) is 150 Å². The lowest BCUT2D eigenvalue weighted by Gasteiger charge is -2.33. The largest absolute Gasteiger partial charge is 0.455 e. The third-order valence-corrected chi connectivity index (χ3v) is 16.9. The number of benzene rings is 5. The summed E-state index contributed by atoms with van der Waals surface area (Å²) in [6.07, 6.45) is 13.5. The Morgan fingerprint density at radius 1 is 0.790 bits per heavy atom. The van der Waals surface area contributed by atoms with Crippen LogP contribution in [0, 0.1) is 5.92 Å². The van der Waals surface area contributed by atoms with Crippen LogP contribution < -0.4 is 14.3 Å². The highest BCUT2D eigenvalue weighted by Crippen LogP contribution is 2.47. The molecule has 0 radical (unpaired) electrons. The van der Waals surface area contributed by atoms with Gasteiger partial charge in [-0.1, -0.05) is 152 Å². The molecule has 5 heterocycles. The van der Waals surface area contributed by atoms with Gasteiger partial charge in [0.1, 0.15) is 22.5 Å². The van der Waals surface area contributed by atoms with E-state index in [2.05, 4.69) is 176 Å². The van der Waals surface area contributed by atoms with Crippen molar-refractivity contribution in [2.24, 2.45) is 5.92 Å². The van der Waals surface area contributed by atoms with E-state index in [9.17, 15) is 0 Å². The van der Waals surface area contributed by atoms with Crippen molar-refractivity contribution in [1.82, 2.24) is 4.57 Å². The zero-order chi connectivity index (χ0) is 42.5. The van der Waals surface area contributed by atoms with Crippen molar-refractivity contribution in [2.75, 3.05) is 0 Å². The van der Waals surface area contributed by atoms with Gasteiger partial charge in [0.2, 0.25) is 5.69 Å². The molecule has 0 amide bonds. The number of rotatable bonds is 4. The number of fused-ring (bicyclic) bond motifs is 15. The van der Waals surface area contributed by atoms with Crippen LogP contribution in [0.5, 0.6) is 0 Å². The summed E-state index contributed by atoms with van der Waals surface area (Å²) in [7, 11) is -1.72. The van der Waals surface area contributed by atoms with Gasteiger partial charge in [-0.2, -0.15) is 13.7 Å². The molecule has 5 heteroatoms. The number of imidazole rings is 1. The second-order valence-corrected chi connectivity index (χ2v) is 25.9.